The number of hydrogen-bond donors (Lipinski definition) is 1. The van der Waals surface area contributed by atoms with Crippen LogP contribution in [0.15, 0.2) is 24.3 Å². The molecule has 88 valence electrons. The Bertz CT molecular complexity index is 358. The van der Waals surface area contributed by atoms with Crippen molar-refractivity contribution in [1.82, 2.24) is 5.32 Å². The second kappa shape index (κ2) is 4.77. The summed E-state index contributed by atoms with van der Waals surface area (Å²) in [4.78, 5) is 0. The van der Waals surface area contributed by atoms with Gasteiger partial charge in [0.15, 0.2) is 0 Å². The molecule has 1 atom stereocenters. The van der Waals surface area contributed by atoms with Gasteiger partial charge in [-0.15, -0.1) is 0 Å². The molecular weight excluding hydrogens is 218 g/mol. The lowest BCUT2D eigenvalue weighted by Crippen LogP contribution is -2.38. The third-order valence-corrected chi connectivity index (χ3v) is 4.08. The normalized spacial score (nSPS) is 19.4. The Morgan fingerprint density at radius 2 is 2.06 bits per heavy atom. The minimum Gasteiger partial charge on any atom is -0.313 e. The van der Waals surface area contributed by atoms with Gasteiger partial charge in [0.25, 0.3) is 0 Å². The molecule has 1 unspecified atom stereocenters. The molecule has 1 aromatic carbocycles. The fourth-order valence-electron chi connectivity index (χ4n) is 2.24. The zero-order valence-electron chi connectivity index (χ0n) is 10.1. The first-order chi connectivity index (χ1) is 7.65. The van der Waals surface area contributed by atoms with E-state index in [4.69, 9.17) is 11.6 Å². The van der Waals surface area contributed by atoms with Gasteiger partial charge in [-0.3, -0.25) is 0 Å². The van der Waals surface area contributed by atoms with E-state index in [2.05, 4.69) is 31.3 Å². The van der Waals surface area contributed by atoms with Crippen molar-refractivity contribution in [1.29, 1.82) is 0 Å². The summed E-state index contributed by atoms with van der Waals surface area (Å²) >= 11 is 6.21. The number of benzene rings is 1. The lowest BCUT2D eigenvalue weighted by atomic mass is 9.92. The third-order valence-electron chi connectivity index (χ3n) is 3.71. The van der Waals surface area contributed by atoms with Crippen LogP contribution < -0.4 is 5.32 Å². The number of rotatable bonds is 5. The van der Waals surface area contributed by atoms with E-state index >= 15 is 0 Å². The molecule has 0 amide bonds. The largest absolute Gasteiger partial charge is 0.313 e. The van der Waals surface area contributed by atoms with Gasteiger partial charge < -0.3 is 5.32 Å². The third kappa shape index (κ3) is 2.58. The monoisotopic (exact) mass is 237 g/mol. The first kappa shape index (κ1) is 11.9. The Hall–Kier alpha value is -0.530. The molecular formula is C14H20ClN. The highest BCUT2D eigenvalue weighted by molar-refractivity contribution is 6.31. The molecule has 0 bridgehead atoms. The quantitative estimate of drug-likeness (QED) is 0.824. The predicted molar refractivity (Wildman–Crippen MR) is 70.0 cm³/mol. The molecule has 1 nitrogen and oxygen atoms in total. The minimum absolute atomic E-state index is 0.495. The summed E-state index contributed by atoms with van der Waals surface area (Å²) in [5.41, 5.74) is 1.76. The fraction of sp³-hybridized carbons (Fsp3) is 0.571. The minimum atomic E-state index is 0.495. The van der Waals surface area contributed by atoms with Crippen molar-refractivity contribution in [2.45, 2.75) is 39.2 Å². The van der Waals surface area contributed by atoms with Crippen LogP contribution in [0, 0.1) is 5.41 Å². The molecule has 1 aromatic rings. The van der Waals surface area contributed by atoms with Crippen LogP contribution in [-0.2, 0) is 6.42 Å². The Kier molecular flexibility index (Phi) is 3.56. The average Bonchev–Trinajstić information content (AvgIpc) is 3.00. The summed E-state index contributed by atoms with van der Waals surface area (Å²) < 4.78 is 0. The van der Waals surface area contributed by atoms with Crippen LogP contribution in [0.2, 0.25) is 5.02 Å². The molecule has 0 spiro atoms. The highest BCUT2D eigenvalue weighted by atomic mass is 35.5. The summed E-state index contributed by atoms with van der Waals surface area (Å²) in [6.45, 7) is 5.58. The summed E-state index contributed by atoms with van der Waals surface area (Å²) in [5, 5.41) is 4.50. The second-order valence-electron chi connectivity index (χ2n) is 5.06. The van der Waals surface area contributed by atoms with Gasteiger partial charge in [0.2, 0.25) is 0 Å². The molecule has 2 rings (SSSR count). The van der Waals surface area contributed by atoms with Crippen LogP contribution >= 0.6 is 11.6 Å². The molecule has 1 fully saturated rings. The zero-order valence-corrected chi connectivity index (χ0v) is 10.8. The van der Waals surface area contributed by atoms with Crippen molar-refractivity contribution >= 4 is 11.6 Å². The van der Waals surface area contributed by atoms with Crippen LogP contribution in [0.5, 0.6) is 0 Å². The Balaban J connectivity index is 2.09. The van der Waals surface area contributed by atoms with Gasteiger partial charge in [-0.25, -0.2) is 0 Å². The van der Waals surface area contributed by atoms with Gasteiger partial charge in [-0.05, 0) is 42.9 Å². The topological polar surface area (TPSA) is 12.0 Å². The van der Waals surface area contributed by atoms with Crippen LogP contribution in [-0.4, -0.2) is 12.6 Å². The first-order valence-electron chi connectivity index (χ1n) is 6.12. The number of likely N-dealkylation sites (N-methyl/N-ethyl adjacent to an activating group) is 1. The molecule has 1 N–H and O–H groups in total. The lowest BCUT2D eigenvalue weighted by Gasteiger charge is -2.25. The van der Waals surface area contributed by atoms with E-state index in [1.165, 1.54) is 18.4 Å². The standard InChI is InChI=1S/C14H20ClN/c1-3-16-13(14(2)8-9-14)10-11-6-4-5-7-12(11)15/h4-7,13,16H,3,8-10H2,1-2H3. The van der Waals surface area contributed by atoms with Gasteiger partial charge in [0, 0.05) is 11.1 Å². The van der Waals surface area contributed by atoms with Crippen LogP contribution in [0.1, 0.15) is 32.3 Å². The van der Waals surface area contributed by atoms with Crippen molar-refractivity contribution in [3.63, 3.8) is 0 Å². The van der Waals surface area contributed by atoms with Crippen molar-refractivity contribution < 1.29 is 0 Å². The van der Waals surface area contributed by atoms with E-state index in [0.717, 1.165) is 18.0 Å². The molecule has 1 saturated carbocycles. The maximum atomic E-state index is 6.21. The number of nitrogens with one attached hydrogen (secondary N) is 1. The second-order valence-corrected chi connectivity index (χ2v) is 5.47. The van der Waals surface area contributed by atoms with Crippen molar-refractivity contribution in [2.24, 2.45) is 5.41 Å². The van der Waals surface area contributed by atoms with Crippen LogP contribution in [0.3, 0.4) is 0 Å². The molecule has 16 heavy (non-hydrogen) atoms. The van der Waals surface area contributed by atoms with Crippen molar-refractivity contribution in [3.05, 3.63) is 34.9 Å². The SMILES string of the molecule is CCNC(Cc1ccccc1Cl)C1(C)CC1. The molecule has 0 aliphatic heterocycles. The van der Waals surface area contributed by atoms with E-state index in [-0.39, 0.29) is 0 Å². The summed E-state index contributed by atoms with van der Waals surface area (Å²) in [6, 6.07) is 8.75. The smallest absolute Gasteiger partial charge is 0.0438 e. The van der Waals surface area contributed by atoms with Crippen LogP contribution in [0.4, 0.5) is 0 Å². The Morgan fingerprint density at radius 3 is 2.62 bits per heavy atom. The Labute approximate surface area is 103 Å². The maximum absolute atomic E-state index is 6.21. The van der Waals surface area contributed by atoms with E-state index in [0.29, 0.717) is 11.5 Å². The fourth-order valence-corrected chi connectivity index (χ4v) is 2.45. The van der Waals surface area contributed by atoms with Crippen molar-refractivity contribution in [3.8, 4) is 0 Å². The zero-order chi connectivity index (χ0) is 11.6. The molecule has 2 heteroatoms. The Morgan fingerprint density at radius 1 is 1.38 bits per heavy atom. The maximum Gasteiger partial charge on any atom is 0.0438 e. The lowest BCUT2D eigenvalue weighted by molar-refractivity contribution is 0.360. The molecule has 1 aliphatic rings. The van der Waals surface area contributed by atoms with Crippen molar-refractivity contribution in [2.75, 3.05) is 6.54 Å². The first-order valence-corrected chi connectivity index (χ1v) is 6.50. The predicted octanol–water partition coefficient (Wildman–Crippen LogP) is 3.66. The van der Waals surface area contributed by atoms with E-state index in [1.807, 2.05) is 12.1 Å². The van der Waals surface area contributed by atoms with Crippen LogP contribution in [0.25, 0.3) is 0 Å². The summed E-state index contributed by atoms with van der Waals surface area (Å²) in [5.74, 6) is 0. The van der Waals surface area contributed by atoms with E-state index < -0.39 is 0 Å². The van der Waals surface area contributed by atoms with Gasteiger partial charge in [-0.1, -0.05) is 43.6 Å². The summed E-state index contributed by atoms with van der Waals surface area (Å²) in [7, 11) is 0. The average molecular weight is 238 g/mol. The molecule has 0 heterocycles. The van der Waals surface area contributed by atoms with Gasteiger partial charge >= 0.3 is 0 Å². The number of halogens is 1. The van der Waals surface area contributed by atoms with Gasteiger partial charge in [0.05, 0.1) is 0 Å². The van der Waals surface area contributed by atoms with Gasteiger partial charge in [0.1, 0.15) is 0 Å². The molecule has 1 aliphatic carbocycles. The number of hydrogen-bond acceptors (Lipinski definition) is 1. The highest BCUT2D eigenvalue weighted by Crippen LogP contribution is 2.49. The molecule has 0 aromatic heterocycles. The summed E-state index contributed by atoms with van der Waals surface area (Å²) in [6.07, 6.45) is 3.73. The van der Waals surface area contributed by atoms with Gasteiger partial charge in [-0.2, -0.15) is 0 Å². The highest BCUT2D eigenvalue weighted by Gasteiger charge is 2.44. The molecule has 0 saturated heterocycles. The van der Waals surface area contributed by atoms with E-state index in [9.17, 15) is 0 Å². The van der Waals surface area contributed by atoms with E-state index in [1.54, 1.807) is 0 Å². The molecule has 0 radical (unpaired) electrons.